The van der Waals surface area contributed by atoms with Gasteiger partial charge in [-0.1, -0.05) is 6.07 Å². The van der Waals surface area contributed by atoms with Gasteiger partial charge in [0.25, 0.3) is 0 Å². The van der Waals surface area contributed by atoms with Crippen molar-refractivity contribution in [2.45, 2.75) is 25.7 Å². The number of carbonyl (C=O) groups excluding carboxylic acids is 1. The first-order valence-electron chi connectivity index (χ1n) is 6.96. The molecule has 4 nitrogen and oxygen atoms in total. The van der Waals surface area contributed by atoms with Crippen LogP contribution in [0, 0.1) is 5.92 Å². The van der Waals surface area contributed by atoms with Crippen LogP contribution in [-0.2, 0) is 17.6 Å². The van der Waals surface area contributed by atoms with Gasteiger partial charge in [0.15, 0.2) is 0 Å². The van der Waals surface area contributed by atoms with E-state index in [2.05, 4.69) is 22.8 Å². The van der Waals surface area contributed by atoms with Crippen molar-refractivity contribution in [2.24, 2.45) is 5.92 Å². The monoisotopic (exact) mass is 260 g/mol. The number of carbonyl (C=O) groups is 1. The van der Waals surface area contributed by atoms with E-state index < -0.39 is 0 Å². The molecule has 4 heteroatoms. The summed E-state index contributed by atoms with van der Waals surface area (Å²) in [4.78, 5) is 11.5. The van der Waals surface area contributed by atoms with Crippen LogP contribution in [0.25, 0.3) is 0 Å². The van der Waals surface area contributed by atoms with Gasteiger partial charge in [-0.05, 0) is 55.5 Å². The molecule has 1 aromatic carbocycles. The second-order valence-electron chi connectivity index (χ2n) is 5.47. The summed E-state index contributed by atoms with van der Waals surface area (Å²) in [5.41, 5.74) is 3.21. The predicted molar refractivity (Wildman–Crippen MR) is 74.6 cm³/mol. The third-order valence-electron chi connectivity index (χ3n) is 4.00. The molecule has 2 aliphatic rings. The van der Waals surface area contributed by atoms with E-state index in [1.807, 2.05) is 0 Å². The van der Waals surface area contributed by atoms with Crippen LogP contribution in [0.5, 0.6) is 5.75 Å². The molecule has 19 heavy (non-hydrogen) atoms. The van der Waals surface area contributed by atoms with Crippen LogP contribution >= 0.6 is 0 Å². The largest absolute Gasteiger partial charge is 0.495 e. The zero-order chi connectivity index (χ0) is 13.2. The van der Waals surface area contributed by atoms with E-state index in [0.717, 1.165) is 36.5 Å². The van der Waals surface area contributed by atoms with Crippen LogP contribution in [0.3, 0.4) is 0 Å². The van der Waals surface area contributed by atoms with Crippen molar-refractivity contribution < 1.29 is 9.53 Å². The normalized spacial score (nSPS) is 21.9. The minimum absolute atomic E-state index is 0.0600. The van der Waals surface area contributed by atoms with Crippen LogP contribution in [0.4, 0.5) is 5.69 Å². The van der Waals surface area contributed by atoms with E-state index in [-0.39, 0.29) is 5.91 Å². The molecule has 1 amide bonds. The van der Waals surface area contributed by atoms with Crippen molar-refractivity contribution in [3.63, 3.8) is 0 Å². The summed E-state index contributed by atoms with van der Waals surface area (Å²) >= 11 is 0. The molecule has 0 spiro atoms. The predicted octanol–water partition coefficient (Wildman–Crippen LogP) is 1.73. The molecule has 1 saturated heterocycles. The van der Waals surface area contributed by atoms with E-state index >= 15 is 0 Å². The zero-order valence-corrected chi connectivity index (χ0v) is 11.3. The number of benzene rings is 1. The Kier molecular flexibility index (Phi) is 3.42. The number of ether oxygens (including phenoxy) is 1. The Morgan fingerprint density at radius 3 is 3.05 bits per heavy atom. The third-order valence-corrected chi connectivity index (χ3v) is 4.00. The lowest BCUT2D eigenvalue weighted by atomic mass is 9.91. The number of rotatable bonds is 3. The maximum Gasteiger partial charge on any atom is 0.228 e. The fourth-order valence-electron chi connectivity index (χ4n) is 3.08. The smallest absolute Gasteiger partial charge is 0.228 e. The maximum atomic E-state index is 11.5. The van der Waals surface area contributed by atoms with E-state index in [4.69, 9.17) is 4.74 Å². The van der Waals surface area contributed by atoms with Crippen LogP contribution in [0.1, 0.15) is 24.0 Å². The number of methoxy groups -OCH3 is 1. The van der Waals surface area contributed by atoms with Crippen molar-refractivity contribution in [2.75, 3.05) is 25.5 Å². The standard InChI is InChI=1S/C15H20N2O2/c1-19-13-7-11(5-10-3-2-4-16-9-10)6-12-8-14(18)17-15(12)13/h6-7,10,16H,2-5,8-9H2,1H3,(H,17,18). The Labute approximate surface area is 113 Å². The highest BCUT2D eigenvalue weighted by molar-refractivity contribution is 6.01. The molecular weight excluding hydrogens is 240 g/mol. The number of hydrogen-bond donors (Lipinski definition) is 2. The molecule has 1 atom stereocenters. The molecule has 0 saturated carbocycles. The lowest BCUT2D eigenvalue weighted by molar-refractivity contribution is -0.115. The number of nitrogens with one attached hydrogen (secondary N) is 2. The summed E-state index contributed by atoms with van der Waals surface area (Å²) in [6.45, 7) is 2.24. The minimum atomic E-state index is 0.0600. The second-order valence-corrected chi connectivity index (χ2v) is 5.47. The molecule has 0 aliphatic carbocycles. The summed E-state index contributed by atoms with van der Waals surface area (Å²) in [6.07, 6.45) is 4.07. The maximum absolute atomic E-state index is 11.5. The van der Waals surface area contributed by atoms with Crippen molar-refractivity contribution in [3.8, 4) is 5.75 Å². The molecule has 2 N–H and O–H groups in total. The molecule has 1 aromatic rings. The second kappa shape index (κ2) is 5.21. The first-order chi connectivity index (χ1) is 9.26. The summed E-state index contributed by atoms with van der Waals surface area (Å²) < 4.78 is 5.40. The van der Waals surface area contributed by atoms with Gasteiger partial charge in [0.1, 0.15) is 5.75 Å². The fraction of sp³-hybridized carbons (Fsp3) is 0.533. The number of hydrogen-bond acceptors (Lipinski definition) is 3. The number of fused-ring (bicyclic) bond motifs is 1. The first-order valence-corrected chi connectivity index (χ1v) is 6.96. The highest BCUT2D eigenvalue weighted by Gasteiger charge is 2.23. The number of piperidine rings is 1. The van der Waals surface area contributed by atoms with Gasteiger partial charge in [0.05, 0.1) is 19.2 Å². The Morgan fingerprint density at radius 1 is 1.42 bits per heavy atom. The molecule has 0 bridgehead atoms. The Bertz CT molecular complexity index is 493. The third kappa shape index (κ3) is 2.59. The van der Waals surface area contributed by atoms with Gasteiger partial charge in [0.2, 0.25) is 5.91 Å². The lowest BCUT2D eigenvalue weighted by Gasteiger charge is -2.23. The lowest BCUT2D eigenvalue weighted by Crippen LogP contribution is -2.30. The zero-order valence-electron chi connectivity index (χ0n) is 11.3. The van der Waals surface area contributed by atoms with Crippen LogP contribution in [0.15, 0.2) is 12.1 Å². The van der Waals surface area contributed by atoms with E-state index in [1.165, 1.54) is 18.4 Å². The van der Waals surface area contributed by atoms with Crippen molar-refractivity contribution >= 4 is 11.6 Å². The molecular formula is C15H20N2O2. The van der Waals surface area contributed by atoms with E-state index in [9.17, 15) is 4.79 Å². The van der Waals surface area contributed by atoms with Gasteiger partial charge in [-0.25, -0.2) is 0 Å². The summed E-state index contributed by atoms with van der Waals surface area (Å²) in [7, 11) is 1.66. The van der Waals surface area contributed by atoms with E-state index in [0.29, 0.717) is 12.3 Å². The van der Waals surface area contributed by atoms with Crippen LogP contribution < -0.4 is 15.4 Å². The van der Waals surface area contributed by atoms with E-state index in [1.54, 1.807) is 7.11 Å². The Morgan fingerprint density at radius 2 is 2.32 bits per heavy atom. The van der Waals surface area contributed by atoms with Crippen molar-refractivity contribution in [3.05, 3.63) is 23.3 Å². The highest BCUT2D eigenvalue weighted by atomic mass is 16.5. The molecule has 102 valence electrons. The summed E-state index contributed by atoms with van der Waals surface area (Å²) in [5, 5.41) is 6.32. The van der Waals surface area contributed by atoms with Gasteiger partial charge in [-0.2, -0.15) is 0 Å². The van der Waals surface area contributed by atoms with Crippen molar-refractivity contribution in [1.29, 1.82) is 0 Å². The van der Waals surface area contributed by atoms with Gasteiger partial charge in [-0.3, -0.25) is 4.79 Å². The number of anilines is 1. The van der Waals surface area contributed by atoms with Gasteiger partial charge in [-0.15, -0.1) is 0 Å². The fourth-order valence-corrected chi connectivity index (χ4v) is 3.08. The van der Waals surface area contributed by atoms with Gasteiger partial charge < -0.3 is 15.4 Å². The minimum Gasteiger partial charge on any atom is -0.495 e. The summed E-state index contributed by atoms with van der Waals surface area (Å²) in [6, 6.07) is 4.23. The molecule has 3 rings (SSSR count). The molecule has 2 heterocycles. The molecule has 1 unspecified atom stereocenters. The van der Waals surface area contributed by atoms with Crippen LogP contribution in [0.2, 0.25) is 0 Å². The number of amides is 1. The van der Waals surface area contributed by atoms with Crippen molar-refractivity contribution in [1.82, 2.24) is 5.32 Å². The Hall–Kier alpha value is -1.55. The molecule has 1 fully saturated rings. The SMILES string of the molecule is COc1cc(CC2CCCNC2)cc2c1NC(=O)C2. The molecule has 0 radical (unpaired) electrons. The first kappa shape index (κ1) is 12.5. The summed E-state index contributed by atoms with van der Waals surface area (Å²) in [5.74, 6) is 1.55. The van der Waals surface area contributed by atoms with Crippen LogP contribution in [-0.4, -0.2) is 26.1 Å². The highest BCUT2D eigenvalue weighted by Crippen LogP contribution is 2.35. The average Bonchev–Trinajstić information content (AvgIpc) is 2.79. The molecule has 2 aliphatic heterocycles. The average molecular weight is 260 g/mol. The Balaban J connectivity index is 1.82. The topological polar surface area (TPSA) is 50.4 Å². The molecule has 0 aromatic heterocycles. The quantitative estimate of drug-likeness (QED) is 0.870. The van der Waals surface area contributed by atoms with Gasteiger partial charge in [0, 0.05) is 0 Å². The van der Waals surface area contributed by atoms with Gasteiger partial charge >= 0.3 is 0 Å².